The number of aromatic nitrogens is 3. The van der Waals surface area contributed by atoms with E-state index in [9.17, 15) is 5.11 Å². The summed E-state index contributed by atoms with van der Waals surface area (Å²) in [5.41, 5.74) is 4.44. The molecule has 3 aromatic carbocycles. The normalized spacial score (nSPS) is 14.7. The SMILES string of the molecule is OCCn1ccc2ncnc(Nc3ccc(OC4=CN(Cc5ccccc5)S(Cc5ccccc5)=C4)c(F)c3)c21. The van der Waals surface area contributed by atoms with Crippen LogP contribution < -0.4 is 10.1 Å². The molecule has 0 aliphatic carbocycles. The second-order valence-electron chi connectivity index (χ2n) is 9.30. The average molecular weight is 554 g/mol. The third-order valence-electron chi connectivity index (χ3n) is 6.48. The third-order valence-corrected chi connectivity index (χ3v) is 8.45. The Labute approximate surface area is 234 Å². The number of nitrogens with zero attached hydrogens (tertiary/aromatic N) is 4. The Kier molecular flexibility index (Phi) is 7.56. The van der Waals surface area contributed by atoms with Crippen LogP contribution in [-0.4, -0.2) is 35.9 Å². The van der Waals surface area contributed by atoms with Gasteiger partial charge in [0.25, 0.3) is 0 Å². The molecule has 6 rings (SSSR count). The Hall–Kier alpha value is -4.47. The molecule has 7 nitrogen and oxygen atoms in total. The van der Waals surface area contributed by atoms with Gasteiger partial charge in [0.15, 0.2) is 23.1 Å². The number of ether oxygens (including phenoxy) is 1. The first kappa shape index (κ1) is 25.8. The molecule has 0 amide bonds. The number of rotatable bonds is 10. The van der Waals surface area contributed by atoms with Gasteiger partial charge in [0.05, 0.1) is 24.9 Å². The first-order valence-corrected chi connectivity index (χ1v) is 14.3. The Balaban J connectivity index is 1.22. The molecule has 5 aromatic rings. The molecular weight excluding hydrogens is 525 g/mol. The van der Waals surface area contributed by atoms with E-state index in [4.69, 9.17) is 4.74 Å². The maximum Gasteiger partial charge on any atom is 0.167 e. The lowest BCUT2D eigenvalue weighted by Gasteiger charge is -2.21. The summed E-state index contributed by atoms with van der Waals surface area (Å²) in [6.45, 7) is 1.13. The number of allylic oxidation sites excluding steroid dienone is 1. The summed E-state index contributed by atoms with van der Waals surface area (Å²) >= 11 is 0. The molecule has 0 bridgehead atoms. The summed E-state index contributed by atoms with van der Waals surface area (Å²) in [6.07, 6.45) is 5.27. The van der Waals surface area contributed by atoms with Gasteiger partial charge in [-0.15, -0.1) is 0 Å². The molecule has 1 unspecified atom stereocenters. The molecule has 1 aliphatic heterocycles. The van der Waals surface area contributed by atoms with Crippen LogP contribution in [0.25, 0.3) is 11.0 Å². The first-order valence-electron chi connectivity index (χ1n) is 12.9. The fourth-order valence-corrected chi connectivity index (χ4v) is 6.45. The van der Waals surface area contributed by atoms with Gasteiger partial charge in [0, 0.05) is 35.6 Å². The molecule has 0 fully saturated rings. The lowest BCUT2D eigenvalue weighted by molar-refractivity contribution is 0.278. The van der Waals surface area contributed by atoms with Gasteiger partial charge in [0.1, 0.15) is 11.8 Å². The lowest BCUT2D eigenvalue weighted by atomic mass is 10.2. The molecule has 1 atom stereocenters. The van der Waals surface area contributed by atoms with Crippen molar-refractivity contribution in [3.63, 3.8) is 0 Å². The predicted molar refractivity (Wildman–Crippen MR) is 159 cm³/mol. The van der Waals surface area contributed by atoms with E-state index in [1.54, 1.807) is 12.1 Å². The zero-order valence-electron chi connectivity index (χ0n) is 21.7. The fourth-order valence-electron chi connectivity index (χ4n) is 4.60. The summed E-state index contributed by atoms with van der Waals surface area (Å²) in [6, 6.07) is 27.3. The second-order valence-corrected chi connectivity index (χ2v) is 11.1. The van der Waals surface area contributed by atoms with Gasteiger partial charge in [-0.05, 0) is 29.3 Å². The van der Waals surface area contributed by atoms with Crippen LogP contribution in [0.2, 0.25) is 0 Å². The van der Waals surface area contributed by atoms with Crippen LogP contribution in [0.1, 0.15) is 11.1 Å². The zero-order chi connectivity index (χ0) is 27.3. The van der Waals surface area contributed by atoms with Crippen molar-refractivity contribution < 1.29 is 14.2 Å². The third kappa shape index (κ3) is 5.75. The van der Waals surface area contributed by atoms with Crippen LogP contribution >= 0.6 is 10.7 Å². The van der Waals surface area contributed by atoms with Gasteiger partial charge in [-0.1, -0.05) is 71.3 Å². The van der Waals surface area contributed by atoms with Crippen LogP contribution in [0, 0.1) is 5.82 Å². The minimum absolute atomic E-state index is 0.0127. The standard InChI is InChI=1S/C31H28FN5O2S/c32-27-17-25(35-31-30-28(33-22-34-31)13-14-36(30)15-16-38)11-12-29(27)39-26-19-37(18-23-7-3-1-4-8-23)40(21-26)20-24-9-5-2-6-10-24/h1-14,17,19,21-22,38H,15-16,18,20H2,(H,33,34,35). The second kappa shape index (κ2) is 11.7. The molecule has 40 heavy (non-hydrogen) atoms. The fraction of sp³-hybridized carbons (Fsp3) is 0.129. The Morgan fingerprint density at radius 2 is 1.70 bits per heavy atom. The highest BCUT2D eigenvalue weighted by Gasteiger charge is 2.19. The highest BCUT2D eigenvalue weighted by molar-refractivity contribution is 8.12. The molecule has 0 radical (unpaired) electrons. The highest BCUT2D eigenvalue weighted by Crippen LogP contribution is 2.35. The Bertz CT molecular complexity index is 1690. The Morgan fingerprint density at radius 1 is 0.925 bits per heavy atom. The van der Waals surface area contributed by atoms with Crippen molar-refractivity contribution in [2.45, 2.75) is 18.8 Å². The van der Waals surface area contributed by atoms with E-state index in [1.165, 1.54) is 23.5 Å². The lowest BCUT2D eigenvalue weighted by Crippen LogP contribution is -2.09. The van der Waals surface area contributed by atoms with Gasteiger partial charge in [-0.3, -0.25) is 0 Å². The van der Waals surface area contributed by atoms with Crippen molar-refractivity contribution in [2.24, 2.45) is 0 Å². The van der Waals surface area contributed by atoms with E-state index >= 15 is 4.39 Å². The topological polar surface area (TPSA) is 75.4 Å². The van der Waals surface area contributed by atoms with Crippen LogP contribution in [0.15, 0.2) is 109 Å². The van der Waals surface area contributed by atoms with Gasteiger partial charge >= 0.3 is 0 Å². The number of benzene rings is 3. The van der Waals surface area contributed by atoms with Crippen LogP contribution in [-0.2, 0) is 18.8 Å². The Morgan fingerprint density at radius 3 is 2.45 bits per heavy atom. The van der Waals surface area contributed by atoms with Gasteiger partial charge < -0.3 is 24.0 Å². The smallest absolute Gasteiger partial charge is 0.167 e. The van der Waals surface area contributed by atoms with Gasteiger partial charge in [-0.25, -0.2) is 14.4 Å². The van der Waals surface area contributed by atoms with Gasteiger partial charge in [0.2, 0.25) is 0 Å². The largest absolute Gasteiger partial charge is 0.452 e. The monoisotopic (exact) mass is 553 g/mol. The molecule has 2 N–H and O–H groups in total. The van der Waals surface area contributed by atoms with Crippen molar-refractivity contribution in [3.8, 4) is 5.75 Å². The van der Waals surface area contributed by atoms with Crippen molar-refractivity contribution in [1.82, 2.24) is 18.8 Å². The van der Waals surface area contributed by atoms with Crippen molar-refractivity contribution >= 4 is 38.6 Å². The molecule has 202 valence electrons. The molecule has 0 spiro atoms. The van der Waals surface area contributed by atoms with Crippen LogP contribution in [0.4, 0.5) is 15.9 Å². The van der Waals surface area contributed by atoms with Crippen LogP contribution in [0.5, 0.6) is 5.75 Å². The average Bonchev–Trinajstić information content (AvgIpc) is 3.55. The minimum Gasteiger partial charge on any atom is -0.452 e. The van der Waals surface area contributed by atoms with E-state index < -0.39 is 5.82 Å². The van der Waals surface area contributed by atoms with E-state index in [-0.39, 0.29) is 23.0 Å². The summed E-state index contributed by atoms with van der Waals surface area (Å²) < 4.78 is 25.4. The molecule has 2 aromatic heterocycles. The quantitative estimate of drug-likeness (QED) is 0.200. The maximum absolute atomic E-state index is 15.3. The van der Waals surface area contributed by atoms with Crippen molar-refractivity contribution in [3.05, 3.63) is 126 Å². The molecule has 1 aliphatic rings. The molecule has 0 saturated heterocycles. The number of halogens is 1. The number of nitrogens with one attached hydrogen (secondary N) is 1. The van der Waals surface area contributed by atoms with E-state index in [0.717, 1.165) is 23.3 Å². The first-order chi connectivity index (χ1) is 19.7. The van der Waals surface area contributed by atoms with Crippen molar-refractivity contribution in [1.29, 1.82) is 0 Å². The number of aliphatic hydroxyl groups excluding tert-OH is 1. The maximum atomic E-state index is 15.3. The molecule has 0 saturated carbocycles. The summed E-state index contributed by atoms with van der Waals surface area (Å²) in [7, 11) is -0.250. The highest BCUT2D eigenvalue weighted by atomic mass is 32.2. The van der Waals surface area contributed by atoms with Crippen LogP contribution in [0.3, 0.4) is 0 Å². The summed E-state index contributed by atoms with van der Waals surface area (Å²) in [5.74, 6) is 1.65. The number of hydrogen-bond acceptors (Lipinski definition) is 6. The van der Waals surface area contributed by atoms with E-state index in [2.05, 4.69) is 49.2 Å². The molecular formula is C31H28FN5O2S. The predicted octanol–water partition coefficient (Wildman–Crippen LogP) is 6.23. The summed E-state index contributed by atoms with van der Waals surface area (Å²) in [5, 5.41) is 14.6. The number of hydrogen-bond donors (Lipinski definition) is 2. The van der Waals surface area contributed by atoms with E-state index in [1.807, 2.05) is 59.4 Å². The van der Waals surface area contributed by atoms with Crippen molar-refractivity contribution in [2.75, 3.05) is 11.9 Å². The molecule has 3 heterocycles. The molecule has 9 heteroatoms. The number of anilines is 2. The van der Waals surface area contributed by atoms with Gasteiger partial charge in [-0.2, -0.15) is 0 Å². The zero-order valence-corrected chi connectivity index (χ0v) is 22.5. The van der Waals surface area contributed by atoms with E-state index in [0.29, 0.717) is 23.8 Å². The number of fused-ring (bicyclic) bond motifs is 1. The number of aliphatic hydroxyl groups is 1. The summed E-state index contributed by atoms with van der Waals surface area (Å²) in [4.78, 5) is 8.62. The minimum atomic E-state index is -0.486.